The van der Waals surface area contributed by atoms with Gasteiger partial charge in [-0.15, -0.1) is 0 Å². The number of rotatable bonds is 6. The molecule has 1 N–H and O–H groups in total. The molecular weight excluding hydrogens is 334 g/mol. The number of amides is 2. The normalized spacial score (nSPS) is 19.0. The average Bonchev–Trinajstić information content (AvgIpc) is 3.52. The van der Waals surface area contributed by atoms with Gasteiger partial charge in [-0.25, -0.2) is 0 Å². The van der Waals surface area contributed by atoms with Crippen LogP contribution >= 0.6 is 0 Å². The van der Waals surface area contributed by atoms with E-state index in [0.717, 1.165) is 12.8 Å². The lowest BCUT2D eigenvalue weighted by atomic mass is 10.2. The Labute approximate surface area is 154 Å². The van der Waals surface area contributed by atoms with Gasteiger partial charge in [0.2, 0.25) is 11.8 Å². The quantitative estimate of drug-likeness (QED) is 0.833. The first kappa shape index (κ1) is 18.5. The first-order chi connectivity index (χ1) is 12.5. The van der Waals surface area contributed by atoms with Crippen molar-refractivity contribution < 1.29 is 19.1 Å². The van der Waals surface area contributed by atoms with E-state index in [1.54, 1.807) is 32.4 Å². The molecule has 1 saturated carbocycles. The minimum absolute atomic E-state index is 0.0986. The number of ether oxygens (including phenoxy) is 2. The van der Waals surface area contributed by atoms with Crippen LogP contribution in [0, 0.1) is 5.92 Å². The highest BCUT2D eigenvalue weighted by atomic mass is 16.5. The Morgan fingerprint density at radius 2 is 1.81 bits per heavy atom. The van der Waals surface area contributed by atoms with Crippen LogP contribution in [0.5, 0.6) is 11.5 Å². The fourth-order valence-corrected chi connectivity index (χ4v) is 3.23. The molecule has 1 unspecified atom stereocenters. The SMILES string of the molecule is COc1ccc(OC)c(NC(=O)C(C)N2CCN(C(=O)C3CC3)CC2)c1. The van der Waals surface area contributed by atoms with Crippen molar-refractivity contribution in [1.29, 1.82) is 0 Å². The lowest BCUT2D eigenvalue weighted by Gasteiger charge is -2.37. The van der Waals surface area contributed by atoms with Gasteiger partial charge in [0, 0.05) is 38.2 Å². The van der Waals surface area contributed by atoms with Crippen LogP contribution in [-0.2, 0) is 9.59 Å². The molecule has 142 valence electrons. The fourth-order valence-electron chi connectivity index (χ4n) is 3.23. The Morgan fingerprint density at radius 3 is 2.38 bits per heavy atom. The van der Waals surface area contributed by atoms with Crippen LogP contribution in [0.1, 0.15) is 19.8 Å². The standard InChI is InChI=1S/C19H27N3O4/c1-13(21-8-10-22(11-9-21)19(24)14-4-5-14)18(23)20-16-12-15(25-2)6-7-17(16)26-3/h6-7,12-14H,4-5,8-11H2,1-3H3,(H,20,23). The van der Waals surface area contributed by atoms with Gasteiger partial charge in [0.25, 0.3) is 0 Å². The molecule has 1 aromatic carbocycles. The van der Waals surface area contributed by atoms with Crippen LogP contribution in [0.4, 0.5) is 5.69 Å². The maximum Gasteiger partial charge on any atom is 0.241 e. The summed E-state index contributed by atoms with van der Waals surface area (Å²) in [6.07, 6.45) is 2.06. The largest absolute Gasteiger partial charge is 0.497 e. The number of carbonyl (C=O) groups excluding carboxylic acids is 2. The van der Waals surface area contributed by atoms with Gasteiger partial charge in [-0.05, 0) is 31.9 Å². The highest BCUT2D eigenvalue weighted by Crippen LogP contribution is 2.31. The van der Waals surface area contributed by atoms with E-state index in [9.17, 15) is 9.59 Å². The number of nitrogens with zero attached hydrogens (tertiary/aromatic N) is 2. The Kier molecular flexibility index (Phi) is 5.66. The molecule has 7 nitrogen and oxygen atoms in total. The Morgan fingerprint density at radius 1 is 1.12 bits per heavy atom. The molecule has 1 heterocycles. The summed E-state index contributed by atoms with van der Waals surface area (Å²) in [6, 6.07) is 5.01. The van der Waals surface area contributed by atoms with E-state index in [1.165, 1.54) is 0 Å². The third-order valence-corrected chi connectivity index (χ3v) is 5.14. The van der Waals surface area contributed by atoms with E-state index in [1.807, 2.05) is 11.8 Å². The Bertz CT molecular complexity index is 667. The van der Waals surface area contributed by atoms with Crippen LogP contribution in [0.3, 0.4) is 0 Å². The molecule has 0 spiro atoms. The summed E-state index contributed by atoms with van der Waals surface area (Å²) in [7, 11) is 3.15. The third kappa shape index (κ3) is 4.09. The average molecular weight is 361 g/mol. The molecule has 1 atom stereocenters. The van der Waals surface area contributed by atoms with Crippen molar-refractivity contribution >= 4 is 17.5 Å². The van der Waals surface area contributed by atoms with E-state index >= 15 is 0 Å². The molecule has 26 heavy (non-hydrogen) atoms. The van der Waals surface area contributed by atoms with Gasteiger partial charge in [0.15, 0.2) is 0 Å². The van der Waals surface area contributed by atoms with Crippen LogP contribution in [-0.4, -0.2) is 68.1 Å². The Balaban J connectivity index is 1.57. The van der Waals surface area contributed by atoms with Crippen LogP contribution in [0.25, 0.3) is 0 Å². The van der Waals surface area contributed by atoms with E-state index in [2.05, 4.69) is 10.2 Å². The van der Waals surface area contributed by atoms with Crippen molar-refractivity contribution in [2.24, 2.45) is 5.92 Å². The highest BCUT2D eigenvalue weighted by molar-refractivity contribution is 5.96. The summed E-state index contributed by atoms with van der Waals surface area (Å²) < 4.78 is 10.5. The van der Waals surface area contributed by atoms with Gasteiger partial charge in [-0.1, -0.05) is 0 Å². The van der Waals surface area contributed by atoms with Gasteiger partial charge in [0.1, 0.15) is 11.5 Å². The molecule has 0 radical (unpaired) electrons. The van der Waals surface area contributed by atoms with Crippen molar-refractivity contribution in [3.63, 3.8) is 0 Å². The Hall–Kier alpha value is -2.28. The number of anilines is 1. The van der Waals surface area contributed by atoms with Gasteiger partial charge in [-0.3, -0.25) is 14.5 Å². The number of hydrogen-bond acceptors (Lipinski definition) is 5. The van der Waals surface area contributed by atoms with Gasteiger partial charge >= 0.3 is 0 Å². The highest BCUT2D eigenvalue weighted by Gasteiger charge is 2.35. The number of hydrogen-bond donors (Lipinski definition) is 1. The molecule has 2 amide bonds. The predicted octanol–water partition coefficient (Wildman–Crippen LogP) is 1.58. The summed E-state index contributed by atoms with van der Waals surface area (Å²) in [6.45, 7) is 4.69. The molecule has 0 bridgehead atoms. The van der Waals surface area contributed by atoms with E-state index < -0.39 is 0 Å². The third-order valence-electron chi connectivity index (χ3n) is 5.14. The van der Waals surface area contributed by atoms with E-state index in [-0.39, 0.29) is 23.8 Å². The molecular formula is C19H27N3O4. The smallest absolute Gasteiger partial charge is 0.241 e. The summed E-state index contributed by atoms with van der Waals surface area (Å²) in [4.78, 5) is 28.9. The number of carbonyl (C=O) groups is 2. The second-order valence-electron chi connectivity index (χ2n) is 6.87. The molecule has 2 fully saturated rings. The first-order valence-electron chi connectivity index (χ1n) is 9.09. The van der Waals surface area contributed by atoms with Crippen molar-refractivity contribution in [3.8, 4) is 11.5 Å². The number of methoxy groups -OCH3 is 2. The molecule has 3 rings (SSSR count). The number of piperazine rings is 1. The second-order valence-corrected chi connectivity index (χ2v) is 6.87. The van der Waals surface area contributed by atoms with Crippen LogP contribution in [0.2, 0.25) is 0 Å². The summed E-state index contributed by atoms with van der Waals surface area (Å²) in [5, 5.41) is 2.93. The molecule has 1 aliphatic carbocycles. The topological polar surface area (TPSA) is 71.1 Å². The number of benzene rings is 1. The van der Waals surface area contributed by atoms with Crippen LogP contribution < -0.4 is 14.8 Å². The summed E-state index contributed by atoms with van der Waals surface area (Å²) in [5.41, 5.74) is 0.589. The molecule has 0 aromatic heterocycles. The molecule has 1 aliphatic heterocycles. The minimum atomic E-state index is -0.288. The monoisotopic (exact) mass is 361 g/mol. The lowest BCUT2D eigenvalue weighted by molar-refractivity contribution is -0.135. The molecule has 2 aliphatic rings. The maximum absolute atomic E-state index is 12.7. The fraction of sp³-hybridized carbons (Fsp3) is 0.579. The molecule has 1 aromatic rings. The molecule has 7 heteroatoms. The lowest BCUT2D eigenvalue weighted by Crippen LogP contribution is -2.54. The summed E-state index contributed by atoms with van der Waals surface area (Å²) in [5.74, 6) is 1.68. The molecule has 1 saturated heterocycles. The first-order valence-corrected chi connectivity index (χ1v) is 9.09. The summed E-state index contributed by atoms with van der Waals surface area (Å²) >= 11 is 0. The van der Waals surface area contributed by atoms with Crippen molar-refractivity contribution in [2.45, 2.75) is 25.8 Å². The van der Waals surface area contributed by atoms with Crippen molar-refractivity contribution in [1.82, 2.24) is 9.80 Å². The van der Waals surface area contributed by atoms with Crippen molar-refractivity contribution in [2.75, 3.05) is 45.7 Å². The van der Waals surface area contributed by atoms with Gasteiger partial charge < -0.3 is 19.7 Å². The van der Waals surface area contributed by atoms with Crippen LogP contribution in [0.15, 0.2) is 18.2 Å². The maximum atomic E-state index is 12.7. The predicted molar refractivity (Wildman–Crippen MR) is 98.5 cm³/mol. The number of nitrogens with one attached hydrogen (secondary N) is 1. The van der Waals surface area contributed by atoms with E-state index in [4.69, 9.17) is 9.47 Å². The van der Waals surface area contributed by atoms with E-state index in [0.29, 0.717) is 43.4 Å². The minimum Gasteiger partial charge on any atom is -0.497 e. The zero-order chi connectivity index (χ0) is 18.7. The zero-order valence-electron chi connectivity index (χ0n) is 15.7. The zero-order valence-corrected chi connectivity index (χ0v) is 15.7. The second kappa shape index (κ2) is 7.95. The van der Waals surface area contributed by atoms with Gasteiger partial charge in [-0.2, -0.15) is 0 Å². The van der Waals surface area contributed by atoms with Gasteiger partial charge in [0.05, 0.1) is 25.9 Å². The van der Waals surface area contributed by atoms with Crippen molar-refractivity contribution in [3.05, 3.63) is 18.2 Å².